The highest BCUT2D eigenvalue weighted by Gasteiger charge is 2.14. The summed E-state index contributed by atoms with van der Waals surface area (Å²) in [5.41, 5.74) is 2.43. The Bertz CT molecular complexity index is 1310. The van der Waals surface area contributed by atoms with Gasteiger partial charge in [-0.3, -0.25) is 10.1 Å². The van der Waals surface area contributed by atoms with Crippen LogP contribution in [0.4, 0.5) is 5.95 Å². The molecule has 0 saturated heterocycles. The third-order valence-electron chi connectivity index (χ3n) is 4.45. The molecule has 1 N–H and O–H groups in total. The van der Waals surface area contributed by atoms with E-state index in [0.717, 1.165) is 11.3 Å². The second kappa shape index (κ2) is 7.81. The molecule has 0 atom stereocenters. The summed E-state index contributed by atoms with van der Waals surface area (Å²) in [6, 6.07) is 26.4. The number of carbonyl (C=O) groups excluding carboxylic acids is 1. The smallest absolute Gasteiger partial charge is 0.258 e. The predicted octanol–water partition coefficient (Wildman–Crippen LogP) is 5.50. The largest absolute Gasteiger partial charge is 0.457 e. The van der Waals surface area contributed by atoms with Crippen LogP contribution in [0.5, 0.6) is 11.5 Å². The molecule has 6 nitrogen and oxygen atoms in total. The third kappa shape index (κ3) is 3.66. The number of anilines is 1. The fraction of sp³-hybridized carbons (Fsp3) is 0. The van der Waals surface area contributed by atoms with Gasteiger partial charge in [-0.25, -0.2) is 4.52 Å². The van der Waals surface area contributed by atoms with Crippen molar-refractivity contribution in [1.82, 2.24) is 14.6 Å². The number of benzene rings is 3. The predicted molar refractivity (Wildman–Crippen MR) is 117 cm³/mol. The average Bonchev–Trinajstić information content (AvgIpc) is 3.35. The summed E-state index contributed by atoms with van der Waals surface area (Å²) in [6.45, 7) is 0. The molecule has 0 fully saturated rings. The van der Waals surface area contributed by atoms with E-state index in [1.165, 1.54) is 11.3 Å². The molecule has 5 rings (SSSR count). The molecule has 0 aliphatic carbocycles. The highest BCUT2D eigenvalue weighted by Crippen LogP contribution is 2.26. The van der Waals surface area contributed by atoms with Crippen LogP contribution in [0.2, 0.25) is 0 Å². The fourth-order valence-electron chi connectivity index (χ4n) is 3.04. The molecular weight excluding hydrogens is 396 g/mol. The first kappa shape index (κ1) is 18.1. The summed E-state index contributed by atoms with van der Waals surface area (Å²) in [4.78, 5) is 17.9. The number of nitrogens with zero attached hydrogens (tertiary/aromatic N) is 3. The van der Waals surface area contributed by atoms with E-state index < -0.39 is 0 Å². The van der Waals surface area contributed by atoms with Crippen LogP contribution in [0.25, 0.3) is 16.2 Å². The summed E-state index contributed by atoms with van der Waals surface area (Å²) in [7, 11) is 0. The SMILES string of the molecule is O=C(Nc1nc2scc(-c3ccccc3)n2n1)c1cccc(Oc2ccccc2)c1. The Morgan fingerprint density at radius 3 is 2.43 bits per heavy atom. The Morgan fingerprint density at radius 2 is 1.63 bits per heavy atom. The molecule has 3 aromatic carbocycles. The lowest BCUT2D eigenvalue weighted by molar-refractivity contribution is 0.102. The van der Waals surface area contributed by atoms with Crippen LogP contribution < -0.4 is 10.1 Å². The fourth-order valence-corrected chi connectivity index (χ4v) is 3.87. The Morgan fingerprint density at radius 1 is 0.900 bits per heavy atom. The van der Waals surface area contributed by atoms with E-state index in [1.807, 2.05) is 66.0 Å². The van der Waals surface area contributed by atoms with Crippen molar-refractivity contribution in [2.24, 2.45) is 0 Å². The number of ether oxygens (including phenoxy) is 1. The van der Waals surface area contributed by atoms with Crippen molar-refractivity contribution >= 4 is 28.2 Å². The first-order valence-electron chi connectivity index (χ1n) is 9.30. The number of para-hydroxylation sites is 1. The minimum Gasteiger partial charge on any atom is -0.457 e. The van der Waals surface area contributed by atoms with Crippen LogP contribution >= 0.6 is 11.3 Å². The van der Waals surface area contributed by atoms with Gasteiger partial charge in [0.25, 0.3) is 11.9 Å². The number of amides is 1. The molecular formula is C23H16N4O2S. The molecule has 0 saturated carbocycles. The molecule has 1 amide bonds. The maximum absolute atomic E-state index is 12.7. The molecule has 7 heteroatoms. The third-order valence-corrected chi connectivity index (χ3v) is 5.27. The molecule has 0 unspecified atom stereocenters. The zero-order chi connectivity index (χ0) is 20.3. The Balaban J connectivity index is 1.36. The van der Waals surface area contributed by atoms with E-state index in [1.54, 1.807) is 28.8 Å². The van der Waals surface area contributed by atoms with Gasteiger partial charge < -0.3 is 4.74 Å². The van der Waals surface area contributed by atoms with E-state index in [4.69, 9.17) is 4.74 Å². The molecule has 0 bridgehead atoms. The lowest BCUT2D eigenvalue weighted by Crippen LogP contribution is -2.13. The summed E-state index contributed by atoms with van der Waals surface area (Å²) in [5, 5.41) is 9.23. The number of thiazole rings is 1. The molecule has 0 spiro atoms. The van der Waals surface area contributed by atoms with Crippen molar-refractivity contribution in [2.45, 2.75) is 0 Å². The average molecular weight is 412 g/mol. The van der Waals surface area contributed by atoms with Crippen molar-refractivity contribution in [3.63, 3.8) is 0 Å². The standard InChI is InChI=1S/C23H16N4O2S/c28-21(17-10-7-13-19(14-17)29-18-11-5-2-6-12-18)24-22-25-23-27(26-22)20(15-30-23)16-8-3-1-4-9-16/h1-15H,(H,24,26,28). The van der Waals surface area contributed by atoms with Crippen molar-refractivity contribution in [3.05, 3.63) is 95.9 Å². The van der Waals surface area contributed by atoms with Gasteiger partial charge in [0.2, 0.25) is 4.96 Å². The Labute approximate surface area is 176 Å². The van der Waals surface area contributed by atoms with Crippen molar-refractivity contribution < 1.29 is 9.53 Å². The normalized spacial score (nSPS) is 10.8. The zero-order valence-corrected chi connectivity index (χ0v) is 16.5. The molecule has 0 aliphatic heterocycles. The van der Waals surface area contributed by atoms with Gasteiger partial charge in [0.05, 0.1) is 5.69 Å². The van der Waals surface area contributed by atoms with E-state index in [2.05, 4.69) is 15.4 Å². The van der Waals surface area contributed by atoms with Gasteiger partial charge in [0, 0.05) is 16.5 Å². The Hall–Kier alpha value is -3.97. The number of hydrogen-bond donors (Lipinski definition) is 1. The lowest BCUT2D eigenvalue weighted by Gasteiger charge is -2.07. The van der Waals surface area contributed by atoms with Crippen molar-refractivity contribution in [1.29, 1.82) is 0 Å². The number of aromatic nitrogens is 3. The number of hydrogen-bond acceptors (Lipinski definition) is 5. The van der Waals surface area contributed by atoms with E-state index >= 15 is 0 Å². The van der Waals surface area contributed by atoms with E-state index in [0.29, 0.717) is 22.0 Å². The molecule has 146 valence electrons. The van der Waals surface area contributed by atoms with Crippen LogP contribution in [0, 0.1) is 0 Å². The maximum atomic E-state index is 12.7. The van der Waals surface area contributed by atoms with Gasteiger partial charge in [0.15, 0.2) is 0 Å². The van der Waals surface area contributed by atoms with Crippen LogP contribution in [0.15, 0.2) is 90.3 Å². The van der Waals surface area contributed by atoms with Gasteiger partial charge in [-0.2, -0.15) is 4.98 Å². The highest BCUT2D eigenvalue weighted by molar-refractivity contribution is 7.15. The van der Waals surface area contributed by atoms with Crippen molar-refractivity contribution in [2.75, 3.05) is 5.32 Å². The van der Waals surface area contributed by atoms with Gasteiger partial charge in [-0.15, -0.1) is 16.4 Å². The minimum atomic E-state index is -0.298. The van der Waals surface area contributed by atoms with Crippen LogP contribution in [-0.4, -0.2) is 20.5 Å². The summed E-state index contributed by atoms with van der Waals surface area (Å²) < 4.78 is 7.55. The summed E-state index contributed by atoms with van der Waals surface area (Å²) in [6.07, 6.45) is 0. The second-order valence-electron chi connectivity index (χ2n) is 6.51. The zero-order valence-electron chi connectivity index (χ0n) is 15.7. The highest BCUT2D eigenvalue weighted by atomic mass is 32.1. The molecule has 30 heavy (non-hydrogen) atoms. The first-order valence-corrected chi connectivity index (χ1v) is 10.2. The number of rotatable bonds is 5. The van der Waals surface area contributed by atoms with Crippen LogP contribution in [-0.2, 0) is 0 Å². The lowest BCUT2D eigenvalue weighted by atomic mass is 10.2. The molecule has 2 aromatic heterocycles. The summed E-state index contributed by atoms with van der Waals surface area (Å²) in [5.74, 6) is 1.25. The van der Waals surface area contributed by atoms with Crippen LogP contribution in [0.1, 0.15) is 10.4 Å². The monoisotopic (exact) mass is 412 g/mol. The number of nitrogens with one attached hydrogen (secondary N) is 1. The molecule has 0 radical (unpaired) electrons. The van der Waals surface area contributed by atoms with Crippen LogP contribution in [0.3, 0.4) is 0 Å². The quantitative estimate of drug-likeness (QED) is 0.414. The Kier molecular flexibility index (Phi) is 4.71. The van der Waals surface area contributed by atoms with Crippen molar-refractivity contribution in [3.8, 4) is 22.8 Å². The van der Waals surface area contributed by atoms with Gasteiger partial charge >= 0.3 is 0 Å². The molecule has 2 heterocycles. The topological polar surface area (TPSA) is 68.5 Å². The van der Waals surface area contributed by atoms with Gasteiger partial charge in [0.1, 0.15) is 11.5 Å². The second-order valence-corrected chi connectivity index (χ2v) is 7.35. The summed E-state index contributed by atoms with van der Waals surface area (Å²) >= 11 is 1.47. The van der Waals surface area contributed by atoms with Gasteiger partial charge in [-0.1, -0.05) is 54.6 Å². The molecule has 5 aromatic rings. The number of carbonyl (C=O) groups is 1. The maximum Gasteiger partial charge on any atom is 0.258 e. The minimum absolute atomic E-state index is 0.262. The first-order chi connectivity index (χ1) is 14.8. The van der Waals surface area contributed by atoms with Gasteiger partial charge in [-0.05, 0) is 30.3 Å². The number of fused-ring (bicyclic) bond motifs is 1. The van der Waals surface area contributed by atoms with E-state index in [-0.39, 0.29) is 11.9 Å². The molecule has 0 aliphatic rings. The van der Waals surface area contributed by atoms with E-state index in [9.17, 15) is 4.79 Å².